The van der Waals surface area contributed by atoms with Gasteiger partial charge in [-0.05, 0) is 41.5 Å². The van der Waals surface area contributed by atoms with Crippen LogP contribution >= 0.6 is 11.3 Å². The van der Waals surface area contributed by atoms with Crippen LogP contribution in [0.5, 0.6) is 0 Å². The van der Waals surface area contributed by atoms with Crippen molar-refractivity contribution in [1.82, 2.24) is 15.0 Å². The number of benzene rings is 6. The molecule has 44 heavy (non-hydrogen) atoms. The Labute approximate surface area is 256 Å². The second kappa shape index (κ2) is 9.97. The van der Waals surface area contributed by atoms with Gasteiger partial charge >= 0.3 is 0 Å². The number of fused-ring (bicyclic) bond motifs is 6. The normalized spacial score (nSPS) is 11.6. The Balaban J connectivity index is 1.17. The van der Waals surface area contributed by atoms with Gasteiger partial charge in [0.25, 0.3) is 0 Å². The Morgan fingerprint density at radius 2 is 1.00 bits per heavy atom. The van der Waals surface area contributed by atoms with E-state index >= 15 is 0 Å². The van der Waals surface area contributed by atoms with Gasteiger partial charge in [-0.2, -0.15) is 0 Å². The highest BCUT2D eigenvalue weighted by molar-refractivity contribution is 7.25. The molecule has 9 aromatic rings. The molecule has 0 radical (unpaired) electrons. The fourth-order valence-corrected chi connectivity index (χ4v) is 7.16. The van der Waals surface area contributed by atoms with E-state index in [4.69, 9.17) is 19.4 Å². The summed E-state index contributed by atoms with van der Waals surface area (Å²) in [6.45, 7) is 0. The van der Waals surface area contributed by atoms with Crippen molar-refractivity contribution in [3.63, 3.8) is 0 Å². The van der Waals surface area contributed by atoms with E-state index in [2.05, 4.69) is 84.9 Å². The first kappa shape index (κ1) is 24.9. The summed E-state index contributed by atoms with van der Waals surface area (Å²) >= 11 is 1.84. The van der Waals surface area contributed by atoms with Crippen molar-refractivity contribution in [2.24, 2.45) is 0 Å². The summed E-state index contributed by atoms with van der Waals surface area (Å²) in [6.07, 6.45) is 0. The molecule has 0 bridgehead atoms. The smallest absolute Gasteiger partial charge is 0.164 e. The lowest BCUT2D eigenvalue weighted by molar-refractivity contribution is 0.669. The van der Waals surface area contributed by atoms with E-state index < -0.39 is 0 Å². The highest BCUT2D eigenvalue weighted by Gasteiger charge is 2.16. The maximum Gasteiger partial charge on any atom is 0.164 e. The third-order valence-corrected chi connectivity index (χ3v) is 9.30. The van der Waals surface area contributed by atoms with Crippen molar-refractivity contribution in [1.29, 1.82) is 0 Å². The second-order valence-electron chi connectivity index (χ2n) is 10.8. The number of thiophene rings is 1. The lowest BCUT2D eigenvalue weighted by atomic mass is 9.98. The number of nitrogens with zero attached hydrogens (tertiary/aromatic N) is 3. The highest BCUT2D eigenvalue weighted by atomic mass is 32.1. The molecule has 5 heteroatoms. The maximum absolute atomic E-state index is 6.18. The number of hydrogen-bond donors (Lipinski definition) is 0. The summed E-state index contributed by atoms with van der Waals surface area (Å²) in [5, 5.41) is 4.77. The van der Waals surface area contributed by atoms with Crippen molar-refractivity contribution in [3.05, 3.63) is 140 Å². The van der Waals surface area contributed by atoms with Gasteiger partial charge in [-0.25, -0.2) is 15.0 Å². The molecule has 0 saturated carbocycles. The predicted octanol–water partition coefficient (Wildman–Crippen LogP) is 10.8. The molecule has 0 aliphatic carbocycles. The topological polar surface area (TPSA) is 51.8 Å². The zero-order chi connectivity index (χ0) is 29.0. The first-order valence-electron chi connectivity index (χ1n) is 14.5. The van der Waals surface area contributed by atoms with E-state index in [1.807, 2.05) is 65.9 Å². The molecule has 0 aliphatic heterocycles. The molecule has 0 saturated heterocycles. The molecule has 0 fully saturated rings. The zero-order valence-electron chi connectivity index (χ0n) is 23.4. The Morgan fingerprint density at radius 1 is 0.409 bits per heavy atom. The molecule has 206 valence electrons. The summed E-state index contributed by atoms with van der Waals surface area (Å²) in [6, 6.07) is 48.1. The molecule has 6 aromatic carbocycles. The lowest BCUT2D eigenvalue weighted by Crippen LogP contribution is -2.00. The van der Waals surface area contributed by atoms with Gasteiger partial charge in [-0.15, -0.1) is 11.3 Å². The Hall–Kier alpha value is -5.65. The standard InChI is InChI=1S/C39H23N3OS/c1-2-9-25(10-3-1)37-40-38(42-39(41-37)27-21-22-30-29-11-4-6-14-32(29)43-33(30)23-27)26-19-17-24(18-20-26)28-13-8-16-35-36(28)31-12-5-7-15-34(31)44-35/h1-23H. The molecule has 0 aliphatic rings. The fourth-order valence-electron chi connectivity index (χ4n) is 6.03. The quantitative estimate of drug-likeness (QED) is 0.207. The van der Waals surface area contributed by atoms with Crippen molar-refractivity contribution in [2.45, 2.75) is 0 Å². The zero-order valence-corrected chi connectivity index (χ0v) is 24.3. The Bertz CT molecular complexity index is 2490. The molecule has 3 aromatic heterocycles. The molecule has 3 heterocycles. The van der Waals surface area contributed by atoms with Crippen LogP contribution in [0, 0.1) is 0 Å². The second-order valence-corrected chi connectivity index (χ2v) is 11.9. The molecule has 4 nitrogen and oxygen atoms in total. The molecule has 0 unspecified atom stereocenters. The SMILES string of the molecule is c1ccc(-c2nc(-c3ccc(-c4cccc5sc6ccccc6c45)cc3)nc(-c3ccc4c(c3)oc3ccccc34)n2)cc1. The van der Waals surface area contributed by atoms with Crippen LogP contribution in [0.1, 0.15) is 0 Å². The van der Waals surface area contributed by atoms with Gasteiger partial charge < -0.3 is 4.42 Å². The van der Waals surface area contributed by atoms with E-state index in [1.165, 1.54) is 25.7 Å². The van der Waals surface area contributed by atoms with Crippen LogP contribution in [-0.4, -0.2) is 15.0 Å². The van der Waals surface area contributed by atoms with Crippen LogP contribution in [0.15, 0.2) is 144 Å². The first-order chi connectivity index (χ1) is 21.8. The van der Waals surface area contributed by atoms with Gasteiger partial charge in [0, 0.05) is 47.6 Å². The summed E-state index contributed by atoms with van der Waals surface area (Å²) in [5.41, 5.74) is 6.82. The Kier molecular flexibility index (Phi) is 5.64. The van der Waals surface area contributed by atoms with Crippen LogP contribution in [0.3, 0.4) is 0 Å². The van der Waals surface area contributed by atoms with Crippen LogP contribution in [0.2, 0.25) is 0 Å². The van der Waals surface area contributed by atoms with E-state index in [1.54, 1.807) is 0 Å². The van der Waals surface area contributed by atoms with Crippen LogP contribution < -0.4 is 0 Å². The number of hydrogen-bond acceptors (Lipinski definition) is 5. The van der Waals surface area contributed by atoms with Crippen LogP contribution in [0.4, 0.5) is 0 Å². The predicted molar refractivity (Wildman–Crippen MR) is 182 cm³/mol. The van der Waals surface area contributed by atoms with Crippen molar-refractivity contribution >= 4 is 53.4 Å². The van der Waals surface area contributed by atoms with Gasteiger partial charge in [0.2, 0.25) is 0 Å². The third-order valence-electron chi connectivity index (χ3n) is 8.16. The number of para-hydroxylation sites is 1. The summed E-state index contributed by atoms with van der Waals surface area (Å²) in [4.78, 5) is 14.8. The highest BCUT2D eigenvalue weighted by Crippen LogP contribution is 2.40. The number of aromatic nitrogens is 3. The van der Waals surface area contributed by atoms with E-state index in [0.29, 0.717) is 17.5 Å². The van der Waals surface area contributed by atoms with Crippen molar-refractivity contribution in [3.8, 4) is 45.3 Å². The van der Waals surface area contributed by atoms with Gasteiger partial charge in [-0.3, -0.25) is 0 Å². The summed E-state index contributed by atoms with van der Waals surface area (Å²) in [5.74, 6) is 1.87. The Morgan fingerprint density at radius 3 is 1.82 bits per heavy atom. The molecular weight excluding hydrogens is 559 g/mol. The molecule has 9 rings (SSSR count). The van der Waals surface area contributed by atoms with Gasteiger partial charge in [0.15, 0.2) is 17.5 Å². The van der Waals surface area contributed by atoms with Gasteiger partial charge in [-0.1, -0.05) is 109 Å². The molecular formula is C39H23N3OS. The fraction of sp³-hybridized carbons (Fsp3) is 0. The summed E-state index contributed by atoms with van der Waals surface area (Å²) < 4.78 is 8.78. The minimum atomic E-state index is 0.606. The minimum absolute atomic E-state index is 0.606. The molecule has 0 atom stereocenters. The number of furan rings is 1. The lowest BCUT2D eigenvalue weighted by Gasteiger charge is -2.10. The third kappa shape index (κ3) is 4.09. The van der Waals surface area contributed by atoms with Gasteiger partial charge in [0.1, 0.15) is 11.2 Å². The average molecular weight is 582 g/mol. The minimum Gasteiger partial charge on any atom is -0.456 e. The number of rotatable bonds is 4. The van der Waals surface area contributed by atoms with E-state index in [-0.39, 0.29) is 0 Å². The summed E-state index contributed by atoms with van der Waals surface area (Å²) in [7, 11) is 0. The monoisotopic (exact) mass is 581 g/mol. The van der Waals surface area contributed by atoms with Crippen LogP contribution in [-0.2, 0) is 0 Å². The van der Waals surface area contributed by atoms with E-state index in [9.17, 15) is 0 Å². The van der Waals surface area contributed by atoms with Crippen molar-refractivity contribution in [2.75, 3.05) is 0 Å². The molecule has 0 spiro atoms. The molecule has 0 N–H and O–H groups in total. The van der Waals surface area contributed by atoms with Gasteiger partial charge in [0.05, 0.1) is 0 Å². The largest absolute Gasteiger partial charge is 0.456 e. The maximum atomic E-state index is 6.18. The van der Waals surface area contributed by atoms with Crippen LogP contribution in [0.25, 0.3) is 87.4 Å². The molecule has 0 amide bonds. The van der Waals surface area contributed by atoms with Crippen molar-refractivity contribution < 1.29 is 4.42 Å². The van der Waals surface area contributed by atoms with E-state index in [0.717, 1.165) is 44.2 Å². The average Bonchev–Trinajstić information content (AvgIpc) is 3.66. The first-order valence-corrected chi connectivity index (χ1v) is 15.3.